The first kappa shape index (κ1) is 11.3. The third-order valence-corrected chi connectivity index (χ3v) is 4.89. The van der Waals surface area contributed by atoms with E-state index in [2.05, 4.69) is 0 Å². The number of hydrogen-bond acceptors (Lipinski definition) is 3. The molecule has 0 N–H and O–H groups in total. The summed E-state index contributed by atoms with van der Waals surface area (Å²) in [5, 5.41) is 0. The summed E-state index contributed by atoms with van der Waals surface area (Å²) < 4.78 is 23.4. The van der Waals surface area contributed by atoms with Crippen molar-refractivity contribution in [1.29, 1.82) is 0 Å². The molecule has 0 aliphatic heterocycles. The zero-order chi connectivity index (χ0) is 11.8. The molecule has 1 saturated carbocycles. The topological polar surface area (TPSA) is 51.2 Å². The summed E-state index contributed by atoms with van der Waals surface area (Å²) in [6, 6.07) is 6.76. The second-order valence-corrected chi connectivity index (χ2v) is 6.48. The molecule has 1 aliphatic rings. The van der Waals surface area contributed by atoms with Crippen LogP contribution in [0.2, 0.25) is 0 Å². The number of sulfone groups is 1. The molecular formula is C12H14O3S. The molecule has 1 fully saturated rings. The van der Waals surface area contributed by atoms with Crippen LogP contribution in [0.15, 0.2) is 29.2 Å². The lowest BCUT2D eigenvalue weighted by Crippen LogP contribution is -2.10. The molecule has 86 valence electrons. The van der Waals surface area contributed by atoms with Crippen LogP contribution < -0.4 is 0 Å². The molecule has 0 spiro atoms. The molecule has 0 saturated heterocycles. The first-order valence-electron chi connectivity index (χ1n) is 5.34. The van der Waals surface area contributed by atoms with Gasteiger partial charge in [0.1, 0.15) is 6.29 Å². The van der Waals surface area contributed by atoms with E-state index in [1.807, 2.05) is 6.07 Å². The number of benzene rings is 1. The van der Waals surface area contributed by atoms with Gasteiger partial charge in [-0.3, -0.25) is 0 Å². The highest BCUT2D eigenvalue weighted by Gasteiger charge is 2.44. The summed E-state index contributed by atoms with van der Waals surface area (Å²) in [7, 11) is -3.18. The quantitative estimate of drug-likeness (QED) is 0.750. The van der Waals surface area contributed by atoms with Gasteiger partial charge in [-0.05, 0) is 30.5 Å². The Bertz CT molecular complexity index is 513. The monoisotopic (exact) mass is 238 g/mol. The Morgan fingerprint density at radius 3 is 2.56 bits per heavy atom. The predicted molar refractivity (Wildman–Crippen MR) is 61.1 cm³/mol. The van der Waals surface area contributed by atoms with Crippen LogP contribution in [-0.2, 0) is 20.0 Å². The van der Waals surface area contributed by atoms with Crippen molar-refractivity contribution in [2.24, 2.45) is 0 Å². The largest absolute Gasteiger partial charge is 0.302 e. The Kier molecular flexibility index (Phi) is 2.62. The minimum atomic E-state index is -3.18. The molecule has 1 aromatic carbocycles. The van der Waals surface area contributed by atoms with Gasteiger partial charge in [0.05, 0.1) is 16.1 Å². The van der Waals surface area contributed by atoms with Gasteiger partial charge in [0.15, 0.2) is 9.84 Å². The predicted octanol–water partition coefficient (Wildman–Crippen LogP) is 1.71. The average molecular weight is 238 g/mol. The normalized spacial score (nSPS) is 18.1. The molecule has 2 rings (SSSR count). The van der Waals surface area contributed by atoms with Crippen LogP contribution in [0.25, 0.3) is 0 Å². The van der Waals surface area contributed by atoms with Crippen LogP contribution in [-0.4, -0.2) is 20.5 Å². The molecule has 0 heterocycles. The highest BCUT2D eigenvalue weighted by Crippen LogP contribution is 2.46. The van der Waals surface area contributed by atoms with E-state index in [0.29, 0.717) is 4.90 Å². The molecule has 1 aliphatic carbocycles. The van der Waals surface area contributed by atoms with Crippen LogP contribution in [0.4, 0.5) is 0 Å². The summed E-state index contributed by atoms with van der Waals surface area (Å²) in [6.45, 7) is 1.62. The maximum atomic E-state index is 11.7. The maximum Gasteiger partial charge on any atom is 0.178 e. The zero-order valence-electron chi connectivity index (χ0n) is 9.14. The highest BCUT2D eigenvalue weighted by atomic mass is 32.2. The van der Waals surface area contributed by atoms with Gasteiger partial charge in [-0.25, -0.2) is 8.42 Å². The van der Waals surface area contributed by atoms with Gasteiger partial charge >= 0.3 is 0 Å². The fraction of sp³-hybridized carbons (Fsp3) is 0.417. The van der Waals surface area contributed by atoms with Crippen LogP contribution >= 0.6 is 0 Å². The standard InChI is InChI=1S/C12H14O3S/c1-2-16(14,15)11-5-3-4-10(8-11)12(9-13)6-7-12/h3-5,8-9H,2,6-7H2,1H3. The summed E-state index contributed by atoms with van der Waals surface area (Å²) in [5.74, 6) is 0.0878. The number of carbonyl (C=O) groups is 1. The zero-order valence-corrected chi connectivity index (χ0v) is 9.96. The highest BCUT2D eigenvalue weighted by molar-refractivity contribution is 7.91. The second-order valence-electron chi connectivity index (χ2n) is 4.21. The van der Waals surface area contributed by atoms with Crippen molar-refractivity contribution in [2.75, 3.05) is 5.75 Å². The minimum absolute atomic E-state index is 0.0878. The Hall–Kier alpha value is -1.16. The summed E-state index contributed by atoms with van der Waals surface area (Å²) in [5.41, 5.74) is 0.427. The van der Waals surface area contributed by atoms with Crippen LogP contribution in [0.3, 0.4) is 0 Å². The number of carbonyl (C=O) groups excluding carboxylic acids is 1. The van der Waals surface area contributed by atoms with E-state index in [1.54, 1.807) is 25.1 Å². The van der Waals surface area contributed by atoms with Crippen LogP contribution in [0.5, 0.6) is 0 Å². The lowest BCUT2D eigenvalue weighted by atomic mass is 9.98. The Balaban J connectivity index is 2.46. The molecule has 4 heteroatoms. The van der Waals surface area contributed by atoms with Crippen molar-refractivity contribution >= 4 is 16.1 Å². The van der Waals surface area contributed by atoms with E-state index in [9.17, 15) is 13.2 Å². The van der Waals surface area contributed by atoms with Crippen molar-refractivity contribution in [1.82, 2.24) is 0 Å². The number of aldehydes is 1. The fourth-order valence-electron chi connectivity index (χ4n) is 1.78. The van der Waals surface area contributed by atoms with E-state index in [1.165, 1.54) is 0 Å². The first-order chi connectivity index (χ1) is 7.54. The van der Waals surface area contributed by atoms with Crippen molar-refractivity contribution in [3.8, 4) is 0 Å². The first-order valence-corrected chi connectivity index (χ1v) is 6.99. The average Bonchev–Trinajstić information content (AvgIpc) is 3.10. The van der Waals surface area contributed by atoms with E-state index in [-0.39, 0.29) is 5.75 Å². The molecule has 0 amide bonds. The molecule has 0 unspecified atom stereocenters. The fourth-order valence-corrected chi connectivity index (χ4v) is 2.70. The molecule has 3 nitrogen and oxygen atoms in total. The molecule has 0 aromatic heterocycles. The van der Waals surface area contributed by atoms with Gasteiger partial charge in [0.25, 0.3) is 0 Å². The van der Waals surface area contributed by atoms with Crippen molar-refractivity contribution in [3.05, 3.63) is 29.8 Å². The SMILES string of the molecule is CCS(=O)(=O)c1cccc(C2(C=O)CC2)c1. The number of hydrogen-bond donors (Lipinski definition) is 0. The molecule has 1 aromatic rings. The molecule has 0 radical (unpaired) electrons. The van der Waals surface area contributed by atoms with Gasteiger partial charge < -0.3 is 4.79 Å². The van der Waals surface area contributed by atoms with Gasteiger partial charge in [0.2, 0.25) is 0 Å². The maximum absolute atomic E-state index is 11.7. The summed E-state index contributed by atoms with van der Waals surface area (Å²) in [6.07, 6.45) is 2.59. The van der Waals surface area contributed by atoms with Gasteiger partial charge in [-0.1, -0.05) is 19.1 Å². The summed E-state index contributed by atoms with van der Waals surface area (Å²) >= 11 is 0. The van der Waals surface area contributed by atoms with Gasteiger partial charge in [-0.2, -0.15) is 0 Å². The van der Waals surface area contributed by atoms with Crippen molar-refractivity contribution < 1.29 is 13.2 Å². The van der Waals surface area contributed by atoms with E-state index >= 15 is 0 Å². The Morgan fingerprint density at radius 2 is 2.06 bits per heavy atom. The van der Waals surface area contributed by atoms with Crippen LogP contribution in [0, 0.1) is 0 Å². The summed E-state index contributed by atoms with van der Waals surface area (Å²) in [4.78, 5) is 11.3. The smallest absolute Gasteiger partial charge is 0.178 e. The second kappa shape index (κ2) is 3.70. The van der Waals surface area contributed by atoms with E-state index in [0.717, 1.165) is 24.7 Å². The molecule has 16 heavy (non-hydrogen) atoms. The number of rotatable bonds is 4. The molecular weight excluding hydrogens is 224 g/mol. The third-order valence-electron chi connectivity index (χ3n) is 3.16. The lowest BCUT2D eigenvalue weighted by Gasteiger charge is -2.09. The van der Waals surface area contributed by atoms with E-state index < -0.39 is 15.3 Å². The Morgan fingerprint density at radius 1 is 1.38 bits per heavy atom. The van der Waals surface area contributed by atoms with Crippen LogP contribution in [0.1, 0.15) is 25.3 Å². The van der Waals surface area contributed by atoms with Gasteiger partial charge in [-0.15, -0.1) is 0 Å². The lowest BCUT2D eigenvalue weighted by molar-refractivity contribution is -0.109. The van der Waals surface area contributed by atoms with Crippen molar-refractivity contribution in [3.63, 3.8) is 0 Å². The van der Waals surface area contributed by atoms with E-state index in [4.69, 9.17) is 0 Å². The van der Waals surface area contributed by atoms with Gasteiger partial charge in [0, 0.05) is 0 Å². The molecule has 0 bridgehead atoms. The molecule has 0 atom stereocenters. The van der Waals surface area contributed by atoms with Crippen molar-refractivity contribution in [2.45, 2.75) is 30.1 Å². The minimum Gasteiger partial charge on any atom is -0.302 e. The Labute approximate surface area is 95.4 Å². The third kappa shape index (κ3) is 1.78.